The van der Waals surface area contributed by atoms with Gasteiger partial charge in [0.1, 0.15) is 0 Å². The molecule has 1 aliphatic rings. The van der Waals surface area contributed by atoms with Gasteiger partial charge in [-0.1, -0.05) is 18.7 Å². The maximum Gasteiger partial charge on any atom is 0.0139 e. The van der Waals surface area contributed by atoms with Crippen LogP contribution in [0.5, 0.6) is 0 Å². The van der Waals surface area contributed by atoms with Crippen LogP contribution in [0.1, 0.15) is 29.9 Å². The van der Waals surface area contributed by atoms with E-state index in [0.717, 1.165) is 5.92 Å². The Morgan fingerprint density at radius 1 is 1.33 bits per heavy atom. The zero-order chi connectivity index (χ0) is 8.55. The van der Waals surface area contributed by atoms with Crippen LogP contribution < -0.4 is 0 Å². The van der Waals surface area contributed by atoms with Crippen molar-refractivity contribution >= 4 is 28.7 Å². The Balaban J connectivity index is 2.40. The second-order valence-corrected chi connectivity index (χ2v) is 4.54. The third-order valence-corrected chi connectivity index (χ3v) is 2.85. The van der Waals surface area contributed by atoms with E-state index in [2.05, 4.69) is 47.4 Å². The lowest BCUT2D eigenvalue weighted by atomic mass is 10.1. The lowest BCUT2D eigenvalue weighted by Gasteiger charge is -2.01. The molecule has 1 heteroatoms. The summed E-state index contributed by atoms with van der Waals surface area (Å²) in [5, 5.41) is 0. The van der Waals surface area contributed by atoms with Gasteiger partial charge >= 0.3 is 0 Å². The molecule has 1 fully saturated rings. The second kappa shape index (κ2) is 3.21. The minimum Gasteiger partial charge on any atom is -0.0985 e. The van der Waals surface area contributed by atoms with Gasteiger partial charge in [-0.05, 0) is 64.6 Å². The quantitative estimate of drug-likeness (QED) is 0.717. The fraction of sp³-hybridized carbons (Fsp3) is 0.273. The second-order valence-electron chi connectivity index (χ2n) is 3.30. The van der Waals surface area contributed by atoms with Gasteiger partial charge in [-0.3, -0.25) is 0 Å². The predicted molar refractivity (Wildman–Crippen MR) is 61.2 cm³/mol. The molecule has 0 aliphatic heterocycles. The highest BCUT2D eigenvalue weighted by atomic mass is 127. The molecule has 1 aliphatic carbocycles. The van der Waals surface area contributed by atoms with Crippen LogP contribution in [0.25, 0.3) is 6.08 Å². The van der Waals surface area contributed by atoms with E-state index in [1.165, 1.54) is 27.5 Å². The number of benzene rings is 1. The Hall–Kier alpha value is -0.310. The summed E-state index contributed by atoms with van der Waals surface area (Å²) in [6.07, 6.45) is 4.67. The van der Waals surface area contributed by atoms with Crippen molar-refractivity contribution in [1.29, 1.82) is 0 Å². The Morgan fingerprint density at radius 2 is 2.08 bits per heavy atom. The molecule has 1 saturated carbocycles. The predicted octanol–water partition coefficient (Wildman–Crippen LogP) is 3.81. The van der Waals surface area contributed by atoms with E-state index in [-0.39, 0.29) is 0 Å². The highest BCUT2D eigenvalue weighted by molar-refractivity contribution is 14.1. The van der Waals surface area contributed by atoms with Crippen molar-refractivity contribution in [1.82, 2.24) is 0 Å². The van der Waals surface area contributed by atoms with E-state index < -0.39 is 0 Å². The van der Waals surface area contributed by atoms with Gasteiger partial charge in [0.15, 0.2) is 0 Å². The molecular weight excluding hydrogens is 259 g/mol. The first kappa shape index (κ1) is 8.30. The van der Waals surface area contributed by atoms with Gasteiger partial charge in [0.2, 0.25) is 0 Å². The smallest absolute Gasteiger partial charge is 0.0139 e. The zero-order valence-electron chi connectivity index (χ0n) is 6.89. The van der Waals surface area contributed by atoms with Gasteiger partial charge in [0.05, 0.1) is 0 Å². The number of hydrogen-bond donors (Lipinski definition) is 0. The van der Waals surface area contributed by atoms with Crippen molar-refractivity contribution in [2.45, 2.75) is 18.8 Å². The standard InChI is InChI=1S/C11H11I/c1-2-8-5-10(9-3-4-9)7-11(12)6-8/h2,5-7,9H,1,3-4H2. The fourth-order valence-electron chi connectivity index (χ4n) is 1.41. The van der Waals surface area contributed by atoms with E-state index in [4.69, 9.17) is 0 Å². The van der Waals surface area contributed by atoms with Gasteiger partial charge in [-0.15, -0.1) is 0 Å². The van der Waals surface area contributed by atoms with Crippen LogP contribution in [0.3, 0.4) is 0 Å². The molecule has 0 aromatic heterocycles. The monoisotopic (exact) mass is 270 g/mol. The molecule has 2 rings (SSSR count). The molecule has 0 amide bonds. The van der Waals surface area contributed by atoms with Crippen molar-refractivity contribution in [3.05, 3.63) is 39.5 Å². The molecule has 0 radical (unpaired) electrons. The number of hydrogen-bond acceptors (Lipinski definition) is 0. The van der Waals surface area contributed by atoms with E-state index in [1.807, 2.05) is 6.08 Å². The molecule has 62 valence electrons. The van der Waals surface area contributed by atoms with Crippen LogP contribution in [0.2, 0.25) is 0 Å². The third kappa shape index (κ3) is 1.71. The van der Waals surface area contributed by atoms with Gasteiger partial charge in [0.25, 0.3) is 0 Å². The van der Waals surface area contributed by atoms with Crippen LogP contribution in [-0.2, 0) is 0 Å². The Morgan fingerprint density at radius 3 is 2.67 bits per heavy atom. The molecule has 0 bridgehead atoms. The molecular formula is C11H11I. The highest BCUT2D eigenvalue weighted by Gasteiger charge is 2.23. The van der Waals surface area contributed by atoms with Crippen molar-refractivity contribution in [2.75, 3.05) is 0 Å². The van der Waals surface area contributed by atoms with Gasteiger partial charge < -0.3 is 0 Å². The van der Waals surface area contributed by atoms with Crippen LogP contribution in [0.15, 0.2) is 24.8 Å². The van der Waals surface area contributed by atoms with E-state index in [0.29, 0.717) is 0 Å². The van der Waals surface area contributed by atoms with E-state index >= 15 is 0 Å². The third-order valence-electron chi connectivity index (χ3n) is 2.23. The minimum atomic E-state index is 0.846. The summed E-state index contributed by atoms with van der Waals surface area (Å²) in [7, 11) is 0. The van der Waals surface area contributed by atoms with Crippen molar-refractivity contribution in [3.63, 3.8) is 0 Å². The van der Waals surface area contributed by atoms with E-state index in [9.17, 15) is 0 Å². The minimum absolute atomic E-state index is 0.846. The first-order valence-corrected chi connectivity index (χ1v) is 5.30. The van der Waals surface area contributed by atoms with Gasteiger partial charge in [0, 0.05) is 3.57 Å². The molecule has 0 unspecified atom stereocenters. The molecule has 0 saturated heterocycles. The van der Waals surface area contributed by atoms with Crippen LogP contribution in [-0.4, -0.2) is 0 Å². The summed E-state index contributed by atoms with van der Waals surface area (Å²) in [6, 6.07) is 6.71. The van der Waals surface area contributed by atoms with Gasteiger partial charge in [-0.2, -0.15) is 0 Å². The molecule has 1 aromatic rings. The number of halogens is 1. The Kier molecular flexibility index (Phi) is 2.22. The summed E-state index contributed by atoms with van der Waals surface area (Å²) in [5.74, 6) is 0.846. The largest absolute Gasteiger partial charge is 0.0985 e. The average Bonchev–Trinajstić information content (AvgIpc) is 2.85. The fourth-order valence-corrected chi connectivity index (χ4v) is 2.13. The molecule has 0 heterocycles. The first-order valence-electron chi connectivity index (χ1n) is 4.22. The van der Waals surface area contributed by atoms with E-state index in [1.54, 1.807) is 0 Å². The lowest BCUT2D eigenvalue weighted by molar-refractivity contribution is 1.12. The SMILES string of the molecule is C=Cc1cc(I)cc(C2CC2)c1. The number of rotatable bonds is 2. The maximum absolute atomic E-state index is 3.79. The Bertz CT molecular complexity index is 311. The topological polar surface area (TPSA) is 0 Å². The average molecular weight is 270 g/mol. The Labute approximate surface area is 86.8 Å². The maximum atomic E-state index is 3.79. The zero-order valence-corrected chi connectivity index (χ0v) is 9.04. The van der Waals surface area contributed by atoms with Crippen molar-refractivity contribution < 1.29 is 0 Å². The molecule has 12 heavy (non-hydrogen) atoms. The van der Waals surface area contributed by atoms with Crippen molar-refractivity contribution in [3.8, 4) is 0 Å². The molecule has 0 nitrogen and oxygen atoms in total. The van der Waals surface area contributed by atoms with Crippen LogP contribution >= 0.6 is 22.6 Å². The summed E-state index contributed by atoms with van der Waals surface area (Å²) in [5.41, 5.74) is 2.75. The van der Waals surface area contributed by atoms with Crippen molar-refractivity contribution in [2.24, 2.45) is 0 Å². The molecule has 0 atom stereocenters. The lowest BCUT2D eigenvalue weighted by Crippen LogP contribution is -1.83. The molecule has 1 aromatic carbocycles. The summed E-state index contributed by atoms with van der Waals surface area (Å²) < 4.78 is 1.33. The normalized spacial score (nSPS) is 16.1. The highest BCUT2D eigenvalue weighted by Crippen LogP contribution is 2.40. The summed E-state index contributed by atoms with van der Waals surface area (Å²) in [4.78, 5) is 0. The van der Waals surface area contributed by atoms with Gasteiger partial charge in [-0.25, -0.2) is 0 Å². The molecule has 0 spiro atoms. The first-order chi connectivity index (χ1) is 5.79. The van der Waals surface area contributed by atoms with Crippen LogP contribution in [0, 0.1) is 3.57 Å². The summed E-state index contributed by atoms with van der Waals surface area (Å²) >= 11 is 2.37. The van der Waals surface area contributed by atoms with Crippen LogP contribution in [0.4, 0.5) is 0 Å². The molecule has 0 N–H and O–H groups in total. The summed E-state index contributed by atoms with van der Waals surface area (Å²) in [6.45, 7) is 3.79.